The average Bonchev–Trinajstić information content (AvgIpc) is 3.09. The van der Waals surface area contributed by atoms with Crippen LogP contribution < -0.4 is 15.4 Å². The number of rotatable bonds is 6. The molecular formula is C18H26N6O. The van der Waals surface area contributed by atoms with E-state index in [0.717, 1.165) is 55.4 Å². The molecule has 0 saturated heterocycles. The molecule has 134 valence electrons. The molecule has 1 unspecified atom stereocenters. The molecule has 1 aliphatic heterocycles. The van der Waals surface area contributed by atoms with Crippen molar-refractivity contribution in [2.24, 2.45) is 4.99 Å². The molecule has 7 nitrogen and oxygen atoms in total. The van der Waals surface area contributed by atoms with Gasteiger partial charge in [0.2, 0.25) is 0 Å². The van der Waals surface area contributed by atoms with Crippen molar-refractivity contribution in [2.45, 2.75) is 38.8 Å². The van der Waals surface area contributed by atoms with Crippen LogP contribution in [0.3, 0.4) is 0 Å². The highest BCUT2D eigenvalue weighted by Crippen LogP contribution is 2.16. The van der Waals surface area contributed by atoms with E-state index in [9.17, 15) is 0 Å². The SMILES string of the molecule is CN=C(NCCCOc1ccccc1C)NC1CCc2ncnn2C1. The predicted molar refractivity (Wildman–Crippen MR) is 97.9 cm³/mol. The predicted octanol–water partition coefficient (Wildman–Crippen LogP) is 1.54. The van der Waals surface area contributed by atoms with E-state index in [4.69, 9.17) is 4.74 Å². The highest BCUT2D eigenvalue weighted by atomic mass is 16.5. The number of guanidine groups is 1. The Hall–Kier alpha value is -2.57. The molecule has 0 fully saturated rings. The summed E-state index contributed by atoms with van der Waals surface area (Å²) in [6, 6.07) is 8.40. The van der Waals surface area contributed by atoms with Crippen molar-refractivity contribution in [1.29, 1.82) is 0 Å². The summed E-state index contributed by atoms with van der Waals surface area (Å²) < 4.78 is 7.78. The first kappa shape index (κ1) is 17.3. The smallest absolute Gasteiger partial charge is 0.191 e. The molecule has 0 saturated carbocycles. The molecule has 0 aliphatic carbocycles. The van der Waals surface area contributed by atoms with Gasteiger partial charge < -0.3 is 15.4 Å². The van der Waals surface area contributed by atoms with E-state index in [1.165, 1.54) is 0 Å². The van der Waals surface area contributed by atoms with Gasteiger partial charge in [0, 0.05) is 26.1 Å². The second-order valence-electron chi connectivity index (χ2n) is 6.20. The van der Waals surface area contributed by atoms with Crippen LogP contribution in [0.15, 0.2) is 35.6 Å². The molecule has 3 rings (SSSR count). The van der Waals surface area contributed by atoms with Crippen molar-refractivity contribution < 1.29 is 4.74 Å². The lowest BCUT2D eigenvalue weighted by Gasteiger charge is -2.25. The number of nitrogens with one attached hydrogen (secondary N) is 2. The Kier molecular flexibility index (Phi) is 5.87. The van der Waals surface area contributed by atoms with Crippen molar-refractivity contribution in [3.63, 3.8) is 0 Å². The Balaban J connectivity index is 1.36. The van der Waals surface area contributed by atoms with Gasteiger partial charge >= 0.3 is 0 Å². The lowest BCUT2D eigenvalue weighted by molar-refractivity contribution is 0.309. The third-order valence-electron chi connectivity index (χ3n) is 4.33. The highest BCUT2D eigenvalue weighted by Gasteiger charge is 2.20. The van der Waals surface area contributed by atoms with E-state index in [1.54, 1.807) is 13.4 Å². The zero-order valence-corrected chi connectivity index (χ0v) is 14.9. The quantitative estimate of drug-likeness (QED) is 0.473. The van der Waals surface area contributed by atoms with Gasteiger partial charge in [0.05, 0.1) is 13.2 Å². The summed E-state index contributed by atoms with van der Waals surface area (Å²) in [6.45, 7) is 4.38. The normalized spacial score (nSPS) is 17.0. The molecule has 0 amide bonds. The molecule has 1 atom stereocenters. The first-order valence-electron chi connectivity index (χ1n) is 8.78. The number of aromatic nitrogens is 3. The molecule has 7 heteroatoms. The fourth-order valence-corrected chi connectivity index (χ4v) is 2.92. The molecule has 1 aliphatic rings. The first-order chi connectivity index (χ1) is 12.3. The van der Waals surface area contributed by atoms with Gasteiger partial charge in [-0.3, -0.25) is 4.99 Å². The van der Waals surface area contributed by atoms with Crippen LogP contribution in [0, 0.1) is 6.92 Å². The van der Waals surface area contributed by atoms with Crippen molar-refractivity contribution in [1.82, 2.24) is 25.4 Å². The van der Waals surface area contributed by atoms with E-state index in [1.807, 2.05) is 22.9 Å². The first-order valence-corrected chi connectivity index (χ1v) is 8.78. The molecule has 2 aromatic rings. The molecular weight excluding hydrogens is 316 g/mol. The van der Waals surface area contributed by atoms with E-state index in [-0.39, 0.29) is 0 Å². The number of aryl methyl sites for hydroxylation is 2. The second-order valence-corrected chi connectivity index (χ2v) is 6.20. The average molecular weight is 342 g/mol. The molecule has 25 heavy (non-hydrogen) atoms. The second kappa shape index (κ2) is 8.50. The van der Waals surface area contributed by atoms with Crippen LogP contribution in [-0.4, -0.2) is 47.0 Å². The van der Waals surface area contributed by atoms with Crippen LogP contribution in [-0.2, 0) is 13.0 Å². The standard InChI is InChI=1S/C18H26N6O/c1-14-6-3-4-7-16(14)25-11-5-10-20-18(19-2)23-15-8-9-17-21-13-22-24(17)12-15/h3-4,6-7,13,15H,5,8-12H2,1-2H3,(H2,19,20,23). The van der Waals surface area contributed by atoms with Crippen molar-refractivity contribution in [3.8, 4) is 5.75 Å². The van der Waals surface area contributed by atoms with Gasteiger partial charge in [-0.1, -0.05) is 18.2 Å². The summed E-state index contributed by atoms with van der Waals surface area (Å²) in [4.78, 5) is 8.56. The van der Waals surface area contributed by atoms with Gasteiger partial charge in [0.25, 0.3) is 0 Å². The third-order valence-corrected chi connectivity index (χ3v) is 4.33. The maximum absolute atomic E-state index is 5.81. The lowest BCUT2D eigenvalue weighted by Crippen LogP contribution is -2.47. The number of ether oxygens (including phenoxy) is 1. The molecule has 0 spiro atoms. The summed E-state index contributed by atoms with van der Waals surface area (Å²) in [7, 11) is 1.79. The van der Waals surface area contributed by atoms with Crippen molar-refractivity contribution >= 4 is 5.96 Å². The van der Waals surface area contributed by atoms with Crippen molar-refractivity contribution in [3.05, 3.63) is 42.0 Å². The van der Waals surface area contributed by atoms with Crippen LogP contribution in [0.1, 0.15) is 24.2 Å². The minimum atomic E-state index is 0.323. The van der Waals surface area contributed by atoms with Crippen LogP contribution in [0.2, 0.25) is 0 Å². The Morgan fingerprint density at radius 3 is 3.12 bits per heavy atom. The third kappa shape index (κ3) is 4.71. The molecule has 2 N–H and O–H groups in total. The van der Waals surface area contributed by atoms with Crippen LogP contribution >= 0.6 is 0 Å². The summed E-state index contributed by atoms with van der Waals surface area (Å²) in [5.41, 5.74) is 1.16. The van der Waals surface area contributed by atoms with Gasteiger partial charge in [-0.05, 0) is 31.4 Å². The fourth-order valence-electron chi connectivity index (χ4n) is 2.92. The van der Waals surface area contributed by atoms with E-state index in [0.29, 0.717) is 12.6 Å². The largest absolute Gasteiger partial charge is 0.493 e. The number of hydrogen-bond acceptors (Lipinski definition) is 4. The van der Waals surface area contributed by atoms with E-state index in [2.05, 4.69) is 38.7 Å². The monoisotopic (exact) mass is 342 g/mol. The number of benzene rings is 1. The molecule has 0 bridgehead atoms. The number of fused-ring (bicyclic) bond motifs is 1. The topological polar surface area (TPSA) is 76.4 Å². The van der Waals surface area contributed by atoms with E-state index >= 15 is 0 Å². The zero-order valence-electron chi connectivity index (χ0n) is 14.9. The Bertz CT molecular complexity index is 711. The summed E-state index contributed by atoms with van der Waals surface area (Å²) in [5, 5.41) is 11.1. The lowest BCUT2D eigenvalue weighted by atomic mass is 10.1. The number of hydrogen-bond donors (Lipinski definition) is 2. The Morgan fingerprint density at radius 1 is 1.40 bits per heavy atom. The van der Waals surface area contributed by atoms with Gasteiger partial charge in [0.1, 0.15) is 17.9 Å². The summed E-state index contributed by atoms with van der Waals surface area (Å²) in [5.74, 6) is 2.84. The minimum absolute atomic E-state index is 0.323. The summed E-state index contributed by atoms with van der Waals surface area (Å²) >= 11 is 0. The Morgan fingerprint density at radius 2 is 2.28 bits per heavy atom. The fraction of sp³-hybridized carbons (Fsp3) is 0.500. The minimum Gasteiger partial charge on any atom is -0.493 e. The maximum Gasteiger partial charge on any atom is 0.191 e. The van der Waals surface area contributed by atoms with Crippen LogP contribution in [0.5, 0.6) is 5.75 Å². The number of para-hydroxylation sites is 1. The summed E-state index contributed by atoms with van der Waals surface area (Å²) in [6.07, 6.45) is 4.51. The Labute approximate surface area is 148 Å². The van der Waals surface area contributed by atoms with Gasteiger partial charge in [-0.25, -0.2) is 9.67 Å². The number of nitrogens with zero attached hydrogens (tertiary/aromatic N) is 4. The highest BCUT2D eigenvalue weighted by molar-refractivity contribution is 5.79. The van der Waals surface area contributed by atoms with Gasteiger partial charge in [0.15, 0.2) is 5.96 Å². The van der Waals surface area contributed by atoms with Crippen LogP contribution in [0.25, 0.3) is 0 Å². The maximum atomic E-state index is 5.81. The molecule has 1 aromatic heterocycles. The molecule has 2 heterocycles. The van der Waals surface area contributed by atoms with Crippen LogP contribution in [0.4, 0.5) is 0 Å². The number of aliphatic imine (C=N–C) groups is 1. The van der Waals surface area contributed by atoms with E-state index < -0.39 is 0 Å². The van der Waals surface area contributed by atoms with Crippen molar-refractivity contribution in [2.75, 3.05) is 20.2 Å². The van der Waals surface area contributed by atoms with Gasteiger partial charge in [-0.15, -0.1) is 0 Å². The molecule has 0 radical (unpaired) electrons. The zero-order chi connectivity index (χ0) is 17.5. The van der Waals surface area contributed by atoms with Gasteiger partial charge in [-0.2, -0.15) is 5.10 Å². The molecule has 1 aromatic carbocycles.